The molecule has 3 rings (SSSR count). The Morgan fingerprint density at radius 1 is 1.16 bits per heavy atom. The molecule has 1 unspecified atom stereocenters. The first-order valence-electron chi connectivity index (χ1n) is 10.4. The number of esters is 1. The Labute approximate surface area is 192 Å². The quantitative estimate of drug-likeness (QED) is 0.513. The lowest BCUT2D eigenvalue weighted by Gasteiger charge is -2.15. The molecule has 8 heteroatoms. The van der Waals surface area contributed by atoms with E-state index in [2.05, 4.69) is 17.4 Å². The van der Waals surface area contributed by atoms with Crippen LogP contribution in [0, 0.1) is 20.8 Å². The topological polar surface area (TPSA) is 88.1 Å². The first-order chi connectivity index (χ1) is 15.2. The number of amides is 2. The van der Waals surface area contributed by atoms with Crippen molar-refractivity contribution in [2.24, 2.45) is 4.99 Å². The highest BCUT2D eigenvalue weighted by atomic mass is 32.2. The lowest BCUT2D eigenvalue weighted by atomic mass is 10.1. The zero-order valence-corrected chi connectivity index (χ0v) is 19.7. The molecule has 1 aliphatic rings. The molecule has 0 saturated carbocycles. The summed E-state index contributed by atoms with van der Waals surface area (Å²) in [4.78, 5) is 43.3. The number of aliphatic imine (C=N–C) groups is 1. The van der Waals surface area contributed by atoms with Crippen LogP contribution in [0.25, 0.3) is 0 Å². The van der Waals surface area contributed by atoms with Crippen molar-refractivity contribution in [3.8, 4) is 5.75 Å². The van der Waals surface area contributed by atoms with Gasteiger partial charge in [0.1, 0.15) is 5.25 Å². The molecule has 32 heavy (non-hydrogen) atoms. The van der Waals surface area contributed by atoms with Crippen molar-refractivity contribution in [2.45, 2.75) is 46.3 Å². The number of hydrogen-bond donors (Lipinski definition) is 1. The Morgan fingerprint density at radius 3 is 2.44 bits per heavy atom. The minimum absolute atomic E-state index is 0.0146. The molecule has 0 aromatic heterocycles. The number of nitrogens with one attached hydrogen (secondary N) is 1. The van der Waals surface area contributed by atoms with Gasteiger partial charge in [0.15, 0.2) is 10.9 Å². The highest BCUT2D eigenvalue weighted by Gasteiger charge is 2.38. The number of hydrogen-bond acceptors (Lipinski definition) is 6. The highest BCUT2D eigenvalue weighted by Crippen LogP contribution is 2.34. The molecule has 2 amide bonds. The summed E-state index contributed by atoms with van der Waals surface area (Å²) in [7, 11) is 0. The molecule has 168 valence electrons. The third-order valence-electron chi connectivity index (χ3n) is 4.96. The SMILES string of the molecule is CCN1C(=O)C(CC(=O)Nc2ccccc2OC(C)=O)SC1=Nc1c(C)cc(C)cc1C. The van der Waals surface area contributed by atoms with E-state index in [4.69, 9.17) is 9.73 Å². The molecule has 0 spiro atoms. The Bertz CT molecular complexity index is 1070. The average Bonchev–Trinajstić information content (AvgIpc) is 3.00. The number of amidine groups is 1. The lowest BCUT2D eigenvalue weighted by molar-refractivity contribution is -0.132. The van der Waals surface area contributed by atoms with E-state index in [1.165, 1.54) is 18.7 Å². The van der Waals surface area contributed by atoms with Crippen LogP contribution in [0.15, 0.2) is 41.4 Å². The Kier molecular flexibility index (Phi) is 7.35. The number of nitrogens with zero attached hydrogens (tertiary/aromatic N) is 2. The van der Waals surface area contributed by atoms with Crippen LogP contribution in [-0.4, -0.2) is 39.6 Å². The van der Waals surface area contributed by atoms with Crippen molar-refractivity contribution >= 4 is 46.1 Å². The van der Waals surface area contributed by atoms with Crippen LogP contribution in [0.3, 0.4) is 0 Å². The van der Waals surface area contributed by atoms with Gasteiger partial charge in [-0.2, -0.15) is 0 Å². The fourth-order valence-electron chi connectivity index (χ4n) is 3.64. The third-order valence-corrected chi connectivity index (χ3v) is 6.14. The lowest BCUT2D eigenvalue weighted by Crippen LogP contribution is -2.33. The maximum absolute atomic E-state index is 12.9. The highest BCUT2D eigenvalue weighted by molar-refractivity contribution is 8.15. The summed E-state index contributed by atoms with van der Waals surface area (Å²) >= 11 is 1.30. The number of carbonyl (C=O) groups excluding carboxylic acids is 3. The van der Waals surface area contributed by atoms with Crippen molar-refractivity contribution < 1.29 is 19.1 Å². The number of thioether (sulfide) groups is 1. The zero-order chi connectivity index (χ0) is 23.4. The first kappa shape index (κ1) is 23.5. The summed E-state index contributed by atoms with van der Waals surface area (Å²) < 4.78 is 5.13. The molecule has 1 atom stereocenters. The minimum atomic E-state index is -0.569. The van der Waals surface area contributed by atoms with E-state index in [9.17, 15) is 14.4 Å². The van der Waals surface area contributed by atoms with Gasteiger partial charge in [0.05, 0.1) is 11.4 Å². The van der Waals surface area contributed by atoms with Crippen LogP contribution >= 0.6 is 11.8 Å². The minimum Gasteiger partial charge on any atom is -0.424 e. The average molecular weight is 454 g/mol. The van der Waals surface area contributed by atoms with E-state index >= 15 is 0 Å². The monoisotopic (exact) mass is 453 g/mol. The second-order valence-electron chi connectivity index (χ2n) is 7.67. The van der Waals surface area contributed by atoms with E-state index in [0.717, 1.165) is 22.4 Å². The second kappa shape index (κ2) is 9.99. The normalized spacial score (nSPS) is 17.0. The van der Waals surface area contributed by atoms with Gasteiger partial charge in [-0.1, -0.05) is 41.6 Å². The van der Waals surface area contributed by atoms with Gasteiger partial charge in [0.25, 0.3) is 0 Å². The van der Waals surface area contributed by atoms with Crippen molar-refractivity contribution in [3.63, 3.8) is 0 Å². The number of rotatable bonds is 6. The standard InChI is InChI=1S/C24H27N3O4S/c1-6-27-23(30)20(32-24(27)26-22-15(3)11-14(2)12-16(22)4)13-21(29)25-18-9-7-8-10-19(18)31-17(5)28/h7-12,20H,6,13H2,1-5H3,(H,25,29). The molecule has 0 radical (unpaired) electrons. The number of ether oxygens (including phenoxy) is 1. The van der Waals surface area contributed by atoms with Crippen molar-refractivity contribution in [3.05, 3.63) is 53.1 Å². The second-order valence-corrected chi connectivity index (χ2v) is 8.84. The van der Waals surface area contributed by atoms with Crippen molar-refractivity contribution in [1.29, 1.82) is 0 Å². The van der Waals surface area contributed by atoms with Crippen LogP contribution in [-0.2, 0) is 14.4 Å². The molecule has 0 aliphatic carbocycles. The van der Waals surface area contributed by atoms with Crippen molar-refractivity contribution in [1.82, 2.24) is 4.90 Å². The summed E-state index contributed by atoms with van der Waals surface area (Å²) in [6.07, 6.45) is -0.0146. The first-order valence-corrected chi connectivity index (χ1v) is 11.3. The molecular formula is C24H27N3O4S. The predicted molar refractivity (Wildman–Crippen MR) is 128 cm³/mol. The van der Waals surface area contributed by atoms with Crippen LogP contribution in [0.1, 0.15) is 37.0 Å². The van der Waals surface area contributed by atoms with E-state index in [1.54, 1.807) is 29.2 Å². The van der Waals surface area contributed by atoms with Gasteiger partial charge in [0.2, 0.25) is 11.8 Å². The fourth-order valence-corrected chi connectivity index (χ4v) is 4.85. The smallest absolute Gasteiger partial charge is 0.308 e. The summed E-state index contributed by atoms with van der Waals surface area (Å²) in [5.41, 5.74) is 4.49. The van der Waals surface area contributed by atoms with Gasteiger partial charge in [-0.15, -0.1) is 0 Å². The largest absolute Gasteiger partial charge is 0.424 e. The van der Waals surface area contributed by atoms with Crippen molar-refractivity contribution in [2.75, 3.05) is 11.9 Å². The third kappa shape index (κ3) is 5.37. The summed E-state index contributed by atoms with van der Waals surface area (Å²) in [5.74, 6) is -0.687. The molecule has 2 aromatic carbocycles. The molecule has 1 heterocycles. The fraction of sp³-hybridized carbons (Fsp3) is 0.333. The maximum atomic E-state index is 12.9. The number of para-hydroxylation sites is 2. The summed E-state index contributed by atoms with van der Waals surface area (Å²) in [6.45, 7) is 9.70. The number of aryl methyl sites for hydroxylation is 3. The van der Waals surface area contributed by atoms with Gasteiger partial charge >= 0.3 is 5.97 Å². The number of carbonyl (C=O) groups is 3. The van der Waals surface area contributed by atoms with E-state index in [0.29, 0.717) is 17.4 Å². The van der Waals surface area contributed by atoms with Gasteiger partial charge in [-0.05, 0) is 51.0 Å². The van der Waals surface area contributed by atoms with E-state index in [1.807, 2.05) is 27.7 Å². The summed E-state index contributed by atoms with van der Waals surface area (Å²) in [5, 5.41) is 2.78. The summed E-state index contributed by atoms with van der Waals surface area (Å²) in [6, 6.07) is 10.8. The van der Waals surface area contributed by atoms with Gasteiger partial charge in [0, 0.05) is 19.9 Å². The number of anilines is 1. The van der Waals surface area contributed by atoms with E-state index in [-0.39, 0.29) is 24.0 Å². The Balaban J connectivity index is 1.77. The van der Waals surface area contributed by atoms with Crippen LogP contribution in [0.4, 0.5) is 11.4 Å². The molecule has 1 fully saturated rings. The molecule has 2 aromatic rings. The van der Waals surface area contributed by atoms with Crippen LogP contribution < -0.4 is 10.1 Å². The molecule has 7 nitrogen and oxygen atoms in total. The van der Waals surface area contributed by atoms with Crippen LogP contribution in [0.2, 0.25) is 0 Å². The molecule has 1 aliphatic heterocycles. The van der Waals surface area contributed by atoms with E-state index < -0.39 is 11.2 Å². The molecule has 1 saturated heterocycles. The predicted octanol–water partition coefficient (Wildman–Crippen LogP) is 4.52. The van der Waals surface area contributed by atoms with Gasteiger partial charge in [-0.3, -0.25) is 19.3 Å². The molecule has 0 bridgehead atoms. The van der Waals surface area contributed by atoms with Gasteiger partial charge < -0.3 is 10.1 Å². The van der Waals surface area contributed by atoms with Gasteiger partial charge in [-0.25, -0.2) is 4.99 Å². The Morgan fingerprint density at radius 2 is 1.81 bits per heavy atom. The zero-order valence-electron chi connectivity index (χ0n) is 18.9. The Hall–Kier alpha value is -3.13. The number of benzene rings is 2. The molecular weight excluding hydrogens is 426 g/mol. The molecule has 1 N–H and O–H groups in total. The maximum Gasteiger partial charge on any atom is 0.308 e. The van der Waals surface area contributed by atoms with Crippen LogP contribution in [0.5, 0.6) is 5.75 Å².